The molecule has 0 spiro atoms. The van der Waals surface area contributed by atoms with Crippen LogP contribution in [0, 0.1) is 17.2 Å². The molecular formula is C21H25N7O. The molecule has 3 aromatic rings. The highest BCUT2D eigenvalue weighted by Crippen LogP contribution is 2.25. The van der Waals surface area contributed by atoms with Crippen molar-refractivity contribution >= 4 is 11.5 Å². The molecule has 0 aromatic carbocycles. The van der Waals surface area contributed by atoms with Crippen molar-refractivity contribution in [3.8, 4) is 11.9 Å². The second kappa shape index (κ2) is 7.66. The summed E-state index contributed by atoms with van der Waals surface area (Å²) >= 11 is 0. The van der Waals surface area contributed by atoms with E-state index in [-0.39, 0.29) is 5.41 Å². The molecule has 29 heavy (non-hydrogen) atoms. The van der Waals surface area contributed by atoms with Gasteiger partial charge in [0, 0.05) is 37.0 Å². The van der Waals surface area contributed by atoms with E-state index in [0.29, 0.717) is 29.9 Å². The fourth-order valence-corrected chi connectivity index (χ4v) is 3.46. The molecule has 0 N–H and O–H groups in total. The van der Waals surface area contributed by atoms with Gasteiger partial charge in [-0.15, -0.1) is 5.10 Å². The first kappa shape index (κ1) is 19.1. The van der Waals surface area contributed by atoms with E-state index in [1.54, 1.807) is 16.9 Å². The number of anilines is 1. The number of aromatic nitrogens is 5. The van der Waals surface area contributed by atoms with Crippen LogP contribution >= 0.6 is 0 Å². The van der Waals surface area contributed by atoms with Gasteiger partial charge in [-0.2, -0.15) is 5.26 Å². The molecule has 0 unspecified atom stereocenters. The van der Waals surface area contributed by atoms with Crippen LogP contribution in [0.3, 0.4) is 0 Å². The molecule has 0 saturated carbocycles. The second-order valence-electron chi connectivity index (χ2n) is 8.43. The summed E-state index contributed by atoms with van der Waals surface area (Å²) in [5, 5.41) is 13.8. The molecule has 0 aliphatic carbocycles. The maximum atomic E-state index is 9.22. The van der Waals surface area contributed by atoms with Gasteiger partial charge in [0.2, 0.25) is 5.88 Å². The van der Waals surface area contributed by atoms with Crippen molar-refractivity contribution in [3.05, 3.63) is 42.1 Å². The monoisotopic (exact) mass is 391 g/mol. The van der Waals surface area contributed by atoms with Gasteiger partial charge in [-0.1, -0.05) is 20.8 Å². The van der Waals surface area contributed by atoms with Gasteiger partial charge in [0.1, 0.15) is 6.07 Å². The van der Waals surface area contributed by atoms with Gasteiger partial charge in [-0.3, -0.25) is 0 Å². The van der Waals surface area contributed by atoms with E-state index in [9.17, 15) is 5.26 Å². The molecule has 4 rings (SSSR count). The molecule has 1 saturated heterocycles. The molecule has 1 aliphatic heterocycles. The molecule has 0 atom stereocenters. The minimum atomic E-state index is -0.0166. The van der Waals surface area contributed by atoms with E-state index in [0.717, 1.165) is 37.3 Å². The van der Waals surface area contributed by atoms with Gasteiger partial charge in [-0.25, -0.2) is 19.5 Å². The predicted octanol–water partition coefficient (Wildman–Crippen LogP) is 2.98. The third kappa shape index (κ3) is 4.14. The number of piperidine rings is 1. The van der Waals surface area contributed by atoms with Gasteiger partial charge >= 0.3 is 0 Å². The summed E-state index contributed by atoms with van der Waals surface area (Å²) in [5.74, 6) is 1.73. The Labute approximate surface area is 170 Å². The van der Waals surface area contributed by atoms with Crippen LogP contribution in [0.25, 0.3) is 5.65 Å². The molecule has 1 fully saturated rings. The normalized spacial score (nSPS) is 15.4. The van der Waals surface area contributed by atoms with E-state index in [1.165, 1.54) is 0 Å². The van der Waals surface area contributed by atoms with Gasteiger partial charge < -0.3 is 9.64 Å². The first-order valence-corrected chi connectivity index (χ1v) is 9.90. The van der Waals surface area contributed by atoms with Crippen LogP contribution in [0.5, 0.6) is 5.88 Å². The molecular weight excluding hydrogens is 366 g/mol. The average molecular weight is 391 g/mol. The Bertz CT molecular complexity index is 1040. The van der Waals surface area contributed by atoms with Gasteiger partial charge in [0.15, 0.2) is 17.2 Å². The molecule has 8 nitrogen and oxygen atoms in total. The molecule has 1 aliphatic rings. The van der Waals surface area contributed by atoms with Crippen molar-refractivity contribution in [2.75, 3.05) is 24.6 Å². The lowest BCUT2D eigenvalue weighted by molar-refractivity contribution is 0.213. The lowest BCUT2D eigenvalue weighted by atomic mass is 9.93. The third-order valence-electron chi connectivity index (χ3n) is 5.23. The number of fused-ring (bicyclic) bond motifs is 1. The van der Waals surface area contributed by atoms with Crippen LogP contribution < -0.4 is 9.64 Å². The summed E-state index contributed by atoms with van der Waals surface area (Å²) in [5.41, 5.74) is 2.20. The highest BCUT2D eigenvalue weighted by atomic mass is 16.5. The van der Waals surface area contributed by atoms with Gasteiger partial charge in [-0.05, 0) is 24.8 Å². The zero-order valence-electron chi connectivity index (χ0n) is 17.0. The van der Waals surface area contributed by atoms with Gasteiger partial charge in [0.05, 0.1) is 18.5 Å². The molecule has 4 heterocycles. The summed E-state index contributed by atoms with van der Waals surface area (Å²) in [6.07, 6.45) is 7.10. The molecule has 150 valence electrons. The van der Waals surface area contributed by atoms with Crippen molar-refractivity contribution in [2.45, 2.75) is 39.0 Å². The van der Waals surface area contributed by atoms with Crippen molar-refractivity contribution in [3.63, 3.8) is 0 Å². The van der Waals surface area contributed by atoms with E-state index in [4.69, 9.17) is 4.74 Å². The SMILES string of the molecule is CC(C)(C)c1cn2nc(OCC3CCN(c4nccnc4C#N)CC3)ccc2n1. The van der Waals surface area contributed by atoms with Crippen molar-refractivity contribution in [1.29, 1.82) is 5.26 Å². The maximum absolute atomic E-state index is 9.22. The summed E-state index contributed by atoms with van der Waals surface area (Å²) in [4.78, 5) is 15.2. The highest BCUT2D eigenvalue weighted by Gasteiger charge is 2.23. The predicted molar refractivity (Wildman–Crippen MR) is 109 cm³/mol. The summed E-state index contributed by atoms with van der Waals surface area (Å²) in [7, 11) is 0. The quantitative estimate of drug-likeness (QED) is 0.675. The first-order valence-electron chi connectivity index (χ1n) is 9.90. The number of hydrogen-bond donors (Lipinski definition) is 0. The Balaban J connectivity index is 1.35. The standard InChI is InChI=1S/C21H25N7O/c1-21(2,3)17-13-28-18(25-17)4-5-19(26-28)29-14-15-6-10-27(11-7-15)20-16(12-22)23-8-9-24-20/h4-5,8-9,13,15H,6-7,10-11,14H2,1-3H3. The van der Waals surface area contributed by atoms with E-state index in [1.807, 2.05) is 18.3 Å². The van der Waals surface area contributed by atoms with Crippen LogP contribution in [0.15, 0.2) is 30.7 Å². The number of nitrogens with zero attached hydrogens (tertiary/aromatic N) is 7. The van der Waals surface area contributed by atoms with Crippen molar-refractivity contribution in [2.24, 2.45) is 5.92 Å². The number of hydrogen-bond acceptors (Lipinski definition) is 7. The van der Waals surface area contributed by atoms with Gasteiger partial charge in [0.25, 0.3) is 0 Å². The number of imidazole rings is 1. The second-order valence-corrected chi connectivity index (χ2v) is 8.43. The topological polar surface area (TPSA) is 92.2 Å². The zero-order valence-corrected chi connectivity index (χ0v) is 17.0. The molecule has 0 amide bonds. The number of ether oxygens (including phenoxy) is 1. The number of nitriles is 1. The molecule has 0 bridgehead atoms. The zero-order chi connectivity index (χ0) is 20.4. The van der Waals surface area contributed by atoms with Crippen molar-refractivity contribution < 1.29 is 4.74 Å². The lowest BCUT2D eigenvalue weighted by Gasteiger charge is -2.32. The fourth-order valence-electron chi connectivity index (χ4n) is 3.46. The van der Waals surface area contributed by atoms with Crippen LogP contribution in [-0.2, 0) is 5.41 Å². The summed E-state index contributed by atoms with van der Waals surface area (Å²) in [6.45, 7) is 8.71. The Morgan fingerprint density at radius 2 is 1.93 bits per heavy atom. The lowest BCUT2D eigenvalue weighted by Crippen LogP contribution is -2.36. The minimum absolute atomic E-state index is 0.0166. The van der Waals surface area contributed by atoms with Crippen LogP contribution in [0.4, 0.5) is 5.82 Å². The van der Waals surface area contributed by atoms with Crippen LogP contribution in [-0.4, -0.2) is 44.3 Å². The van der Waals surface area contributed by atoms with Crippen LogP contribution in [0.2, 0.25) is 0 Å². The molecule has 8 heteroatoms. The Kier molecular flexibility index (Phi) is 5.05. The Hall–Kier alpha value is -3.21. The van der Waals surface area contributed by atoms with Crippen molar-refractivity contribution in [1.82, 2.24) is 24.6 Å². The fraction of sp³-hybridized carbons (Fsp3) is 0.476. The van der Waals surface area contributed by atoms with Crippen LogP contribution in [0.1, 0.15) is 45.0 Å². The minimum Gasteiger partial charge on any atom is -0.476 e. The first-order chi connectivity index (χ1) is 13.9. The highest BCUT2D eigenvalue weighted by molar-refractivity contribution is 5.49. The Morgan fingerprint density at radius 1 is 1.17 bits per heavy atom. The number of rotatable bonds is 4. The van der Waals surface area contributed by atoms with E-state index < -0.39 is 0 Å². The molecule has 3 aromatic heterocycles. The maximum Gasteiger partial charge on any atom is 0.231 e. The Morgan fingerprint density at radius 3 is 2.66 bits per heavy atom. The largest absolute Gasteiger partial charge is 0.476 e. The van der Waals surface area contributed by atoms with E-state index >= 15 is 0 Å². The summed E-state index contributed by atoms with van der Waals surface area (Å²) < 4.78 is 7.76. The third-order valence-corrected chi connectivity index (χ3v) is 5.23. The average Bonchev–Trinajstić information content (AvgIpc) is 3.17. The van der Waals surface area contributed by atoms with E-state index in [2.05, 4.69) is 51.8 Å². The molecule has 0 radical (unpaired) electrons. The smallest absolute Gasteiger partial charge is 0.231 e. The summed E-state index contributed by atoms with van der Waals surface area (Å²) in [6, 6.07) is 5.94.